The molecular formula is C12H11Cl2FN2O2S2. The first-order chi connectivity index (χ1) is 9.83. The highest BCUT2D eigenvalue weighted by molar-refractivity contribution is 7.94. The number of nitrogens with one attached hydrogen (secondary N) is 2. The maximum absolute atomic E-state index is 13.3. The third-order valence-electron chi connectivity index (χ3n) is 2.51. The maximum Gasteiger partial charge on any atom is 0.271 e. The summed E-state index contributed by atoms with van der Waals surface area (Å²) in [5.41, 5.74) is 0.966. The summed E-state index contributed by atoms with van der Waals surface area (Å²) in [6.45, 7) is 0.570. The molecule has 0 amide bonds. The Morgan fingerprint density at radius 2 is 1.86 bits per heavy atom. The van der Waals surface area contributed by atoms with Gasteiger partial charge in [-0.25, -0.2) is 12.8 Å². The summed E-state index contributed by atoms with van der Waals surface area (Å²) in [6.07, 6.45) is 0. The van der Waals surface area contributed by atoms with Gasteiger partial charge in [0.05, 0.1) is 15.7 Å². The van der Waals surface area contributed by atoms with E-state index in [2.05, 4.69) is 10.0 Å². The molecule has 0 unspecified atom stereocenters. The molecular weight excluding hydrogens is 358 g/mol. The molecule has 4 nitrogen and oxygen atoms in total. The topological polar surface area (TPSA) is 58.2 Å². The fourth-order valence-corrected chi connectivity index (χ4v) is 4.35. The van der Waals surface area contributed by atoms with E-state index in [0.29, 0.717) is 6.54 Å². The van der Waals surface area contributed by atoms with Crippen LogP contribution in [0.5, 0.6) is 0 Å². The zero-order chi connectivity index (χ0) is 15.6. The number of anilines is 1. The largest absolute Gasteiger partial charge is 0.316 e. The second-order valence-electron chi connectivity index (χ2n) is 4.16. The second-order valence-corrected chi connectivity index (χ2v) is 7.80. The van der Waals surface area contributed by atoms with Gasteiger partial charge in [-0.15, -0.1) is 11.3 Å². The summed E-state index contributed by atoms with van der Waals surface area (Å²) in [5.74, 6) is -0.784. The number of sulfonamides is 1. The van der Waals surface area contributed by atoms with Gasteiger partial charge in [0, 0.05) is 6.54 Å². The number of halogens is 3. The van der Waals surface area contributed by atoms with E-state index in [9.17, 15) is 12.8 Å². The summed E-state index contributed by atoms with van der Waals surface area (Å²) >= 11 is 12.4. The molecule has 9 heteroatoms. The molecule has 1 aromatic carbocycles. The first kappa shape index (κ1) is 16.5. The fourth-order valence-electron chi connectivity index (χ4n) is 1.61. The van der Waals surface area contributed by atoms with Crippen molar-refractivity contribution in [3.8, 4) is 0 Å². The van der Waals surface area contributed by atoms with Crippen molar-refractivity contribution in [3.05, 3.63) is 45.0 Å². The Morgan fingerprint density at radius 1 is 1.24 bits per heavy atom. The van der Waals surface area contributed by atoms with Crippen LogP contribution in [-0.2, 0) is 16.6 Å². The van der Waals surface area contributed by atoms with Gasteiger partial charge in [-0.1, -0.05) is 23.2 Å². The minimum Gasteiger partial charge on any atom is -0.316 e. The summed E-state index contributed by atoms with van der Waals surface area (Å²) in [6, 6.07) is 3.90. The van der Waals surface area contributed by atoms with Crippen LogP contribution >= 0.6 is 34.5 Å². The van der Waals surface area contributed by atoms with E-state index in [0.717, 1.165) is 16.9 Å². The summed E-state index contributed by atoms with van der Waals surface area (Å²) in [4.78, 5) is 0. The highest BCUT2D eigenvalue weighted by atomic mass is 35.5. The van der Waals surface area contributed by atoms with E-state index in [-0.39, 0.29) is 19.9 Å². The molecule has 0 fully saturated rings. The van der Waals surface area contributed by atoms with Crippen molar-refractivity contribution < 1.29 is 12.8 Å². The lowest BCUT2D eigenvalue weighted by molar-refractivity contribution is 0.603. The molecule has 0 atom stereocenters. The molecule has 1 heterocycles. The molecule has 0 saturated carbocycles. The standard InChI is InChI=1S/C12H11Cl2FN2O2S2/c1-16-5-7-2-11(20-6-7)21(18,19)17-8-3-9(13)12(15)10(14)4-8/h2-4,6,16-17H,5H2,1H3. The molecule has 21 heavy (non-hydrogen) atoms. The Morgan fingerprint density at radius 3 is 2.43 bits per heavy atom. The Kier molecular flexibility index (Phi) is 5.11. The third kappa shape index (κ3) is 3.87. The van der Waals surface area contributed by atoms with Crippen LogP contribution in [0.4, 0.5) is 10.1 Å². The van der Waals surface area contributed by atoms with Gasteiger partial charge in [0.1, 0.15) is 4.21 Å². The Balaban J connectivity index is 2.28. The van der Waals surface area contributed by atoms with Crippen LogP contribution in [0.2, 0.25) is 10.0 Å². The molecule has 2 rings (SSSR count). The van der Waals surface area contributed by atoms with Crippen molar-refractivity contribution in [1.82, 2.24) is 5.32 Å². The zero-order valence-electron chi connectivity index (χ0n) is 10.8. The molecule has 1 aromatic heterocycles. The highest BCUT2D eigenvalue weighted by Gasteiger charge is 2.18. The average Bonchev–Trinajstić information content (AvgIpc) is 2.85. The van der Waals surface area contributed by atoms with Crippen molar-refractivity contribution in [3.63, 3.8) is 0 Å². The van der Waals surface area contributed by atoms with Crippen LogP contribution in [0.15, 0.2) is 27.8 Å². The number of benzene rings is 1. The van der Waals surface area contributed by atoms with Gasteiger partial charge >= 0.3 is 0 Å². The van der Waals surface area contributed by atoms with E-state index in [1.54, 1.807) is 18.5 Å². The highest BCUT2D eigenvalue weighted by Crippen LogP contribution is 2.29. The molecule has 2 aromatic rings. The first-order valence-electron chi connectivity index (χ1n) is 5.73. The first-order valence-corrected chi connectivity index (χ1v) is 8.84. The number of rotatable bonds is 5. The van der Waals surface area contributed by atoms with E-state index >= 15 is 0 Å². The maximum atomic E-state index is 13.3. The fraction of sp³-hybridized carbons (Fsp3) is 0.167. The van der Waals surface area contributed by atoms with Crippen LogP contribution in [0.1, 0.15) is 5.56 Å². The lowest BCUT2D eigenvalue weighted by Crippen LogP contribution is -2.12. The predicted octanol–water partition coefficient (Wildman–Crippen LogP) is 3.71. The van der Waals surface area contributed by atoms with Crippen molar-refractivity contribution in [2.24, 2.45) is 0 Å². The normalized spacial score (nSPS) is 11.6. The van der Waals surface area contributed by atoms with E-state index < -0.39 is 15.8 Å². The molecule has 0 aliphatic heterocycles. The number of thiophene rings is 1. The van der Waals surface area contributed by atoms with Crippen molar-refractivity contribution in [1.29, 1.82) is 0 Å². The zero-order valence-corrected chi connectivity index (χ0v) is 13.9. The molecule has 0 saturated heterocycles. The van der Waals surface area contributed by atoms with E-state index in [1.807, 2.05) is 0 Å². The lowest BCUT2D eigenvalue weighted by atomic mass is 10.3. The van der Waals surface area contributed by atoms with E-state index in [4.69, 9.17) is 23.2 Å². The van der Waals surface area contributed by atoms with Crippen LogP contribution in [0.3, 0.4) is 0 Å². The Hall–Kier alpha value is -0.860. The van der Waals surface area contributed by atoms with Gasteiger partial charge in [0.15, 0.2) is 5.82 Å². The third-order valence-corrected chi connectivity index (χ3v) is 5.93. The van der Waals surface area contributed by atoms with Gasteiger partial charge < -0.3 is 5.32 Å². The minimum absolute atomic E-state index is 0.106. The van der Waals surface area contributed by atoms with Crippen molar-refractivity contribution in [2.45, 2.75) is 10.8 Å². The van der Waals surface area contributed by atoms with Gasteiger partial charge in [-0.2, -0.15) is 0 Å². The molecule has 0 radical (unpaired) electrons. The minimum atomic E-state index is -3.76. The SMILES string of the molecule is CNCc1csc(S(=O)(=O)Nc2cc(Cl)c(F)c(Cl)c2)c1. The van der Waals surface area contributed by atoms with Crippen LogP contribution in [0.25, 0.3) is 0 Å². The van der Waals surface area contributed by atoms with Crippen molar-refractivity contribution in [2.75, 3.05) is 11.8 Å². The summed E-state index contributed by atoms with van der Waals surface area (Å²) < 4.78 is 40.2. The lowest BCUT2D eigenvalue weighted by Gasteiger charge is -2.08. The van der Waals surface area contributed by atoms with Crippen LogP contribution in [0, 0.1) is 5.82 Å². The van der Waals surface area contributed by atoms with Crippen molar-refractivity contribution >= 4 is 50.2 Å². The number of hydrogen-bond acceptors (Lipinski definition) is 4. The second kappa shape index (κ2) is 6.50. The van der Waals surface area contributed by atoms with Crippen LogP contribution in [-0.4, -0.2) is 15.5 Å². The molecule has 0 bridgehead atoms. The van der Waals surface area contributed by atoms with E-state index in [1.165, 1.54) is 12.1 Å². The smallest absolute Gasteiger partial charge is 0.271 e. The quantitative estimate of drug-likeness (QED) is 0.790. The molecule has 0 spiro atoms. The Labute approximate surface area is 135 Å². The molecule has 0 aliphatic carbocycles. The van der Waals surface area contributed by atoms with Gasteiger partial charge in [0.2, 0.25) is 0 Å². The van der Waals surface area contributed by atoms with Gasteiger partial charge in [-0.05, 0) is 36.2 Å². The number of hydrogen-bond donors (Lipinski definition) is 2. The van der Waals surface area contributed by atoms with Gasteiger partial charge in [-0.3, -0.25) is 4.72 Å². The summed E-state index contributed by atoms with van der Waals surface area (Å²) in [7, 11) is -1.99. The average molecular weight is 369 g/mol. The molecule has 2 N–H and O–H groups in total. The molecule has 0 aliphatic rings. The monoisotopic (exact) mass is 368 g/mol. The summed E-state index contributed by atoms with van der Waals surface area (Å²) in [5, 5.41) is 4.18. The van der Waals surface area contributed by atoms with Crippen LogP contribution < -0.4 is 10.0 Å². The van der Waals surface area contributed by atoms with Gasteiger partial charge in [0.25, 0.3) is 10.0 Å². The Bertz CT molecular complexity index is 739. The predicted molar refractivity (Wildman–Crippen MR) is 84.3 cm³/mol. The molecule has 114 valence electrons.